The van der Waals surface area contributed by atoms with Gasteiger partial charge in [-0.05, 0) is 68.8 Å². The van der Waals surface area contributed by atoms with Crippen molar-refractivity contribution in [1.29, 1.82) is 0 Å². The zero-order valence-electron chi connectivity index (χ0n) is 42.9. The normalized spacial score (nSPS) is 14.5. The minimum atomic E-state index is -2.40. The molecule has 0 N–H and O–H groups in total. The summed E-state index contributed by atoms with van der Waals surface area (Å²) in [4.78, 5) is 76.4. The molecule has 10 nitrogen and oxygen atoms in total. The minimum Gasteiger partial charge on any atom is -0.459 e. The number of allylic oxidation sites excluding steroid dienone is 2. The molecule has 4 aliphatic carbocycles. The van der Waals surface area contributed by atoms with Gasteiger partial charge in [-0.3, -0.25) is 19.2 Å². The van der Waals surface area contributed by atoms with Crippen molar-refractivity contribution in [1.82, 2.24) is 9.97 Å². The molecule has 0 unspecified atom stereocenters. The quantitative estimate of drug-likeness (QED) is 0.0336. The zero-order valence-corrected chi connectivity index (χ0v) is 47.8. The molecular weight excluding hydrogens is 1140 g/mol. The first-order valence-corrected chi connectivity index (χ1v) is 29.1. The van der Waals surface area contributed by atoms with Crippen LogP contribution in [0.4, 0.5) is 0 Å². The zero-order chi connectivity index (χ0) is 56.3. The maximum Gasteiger partial charge on any atom is 0.334 e. The number of thiocarbonyl (C=S) groups is 4. The summed E-state index contributed by atoms with van der Waals surface area (Å²) in [5, 5.41) is 0.720. The third kappa shape index (κ3) is 8.76. The molecule has 2 aromatic heterocycles. The summed E-state index contributed by atoms with van der Waals surface area (Å²) in [5.74, 6) is -3.87. The van der Waals surface area contributed by atoms with Gasteiger partial charge in [0, 0.05) is 33.4 Å². The number of nitrogens with zero attached hydrogens (tertiary/aromatic N) is 2. The van der Waals surface area contributed by atoms with E-state index in [1.54, 1.807) is 24.3 Å². The fourth-order valence-electron chi connectivity index (χ4n) is 10.9. The second kappa shape index (κ2) is 21.4. The van der Waals surface area contributed by atoms with Crippen molar-refractivity contribution in [3.63, 3.8) is 0 Å². The Bertz CT molecular complexity index is 3820. The molecule has 82 heavy (non-hydrogen) atoms. The lowest BCUT2D eigenvalue weighted by atomic mass is 9.76. The van der Waals surface area contributed by atoms with Crippen LogP contribution in [0.2, 0.25) is 0 Å². The molecule has 0 radical (unpaired) electrons. The van der Waals surface area contributed by atoms with Gasteiger partial charge in [0.2, 0.25) is 10.8 Å². The van der Waals surface area contributed by atoms with Gasteiger partial charge in [0.1, 0.15) is 36.4 Å². The molecule has 0 saturated heterocycles. The standard InChI is InChI=1S/C66H40N2O8S6/c69-61(73-33-37-17-5-1-6-18-37)65(62(70)74-34-38-19-7-2-8-20-38)49-29-46-50(30-45(49)57-59(65)67-51(81-57)31-47-53(77)41-25-13-14-26-42(41)54(47)78)66(63(71)75-35-39-21-9-3-10-22-39,64(72)76-36-40-23-11-4-12-24-40)60-58(46)82-52(68-60)32-48-55(79)43-27-15-16-28-44(43)56(48)80/h1-32H,33-36H2. The van der Waals surface area contributed by atoms with Crippen molar-refractivity contribution in [2.75, 3.05) is 0 Å². The van der Waals surface area contributed by atoms with Crippen LogP contribution in [0.5, 0.6) is 0 Å². The number of hydrogen-bond donors (Lipinski definition) is 0. The topological polar surface area (TPSA) is 131 Å². The highest BCUT2D eigenvalue weighted by Gasteiger charge is 2.65. The summed E-state index contributed by atoms with van der Waals surface area (Å²) >= 11 is 26.4. The molecule has 0 amide bonds. The van der Waals surface area contributed by atoms with E-state index in [0.717, 1.165) is 22.3 Å². The SMILES string of the molecule is O=C(OCc1ccccc1)C1(C(=O)OCc2ccccc2)c2cc3c(cc2-c2sc(C=C4C(=S)c5ccccc5C4=S)nc21)C(C(=O)OCc1ccccc1)(C(=O)OCc1ccccc1)c1nc(C=C2C(=S)c4ccccc4C2=S)sc1-3. The van der Waals surface area contributed by atoms with Gasteiger partial charge in [0.15, 0.2) is 0 Å². The monoisotopic (exact) mass is 1180 g/mol. The largest absolute Gasteiger partial charge is 0.459 e. The van der Waals surface area contributed by atoms with Crippen molar-refractivity contribution < 1.29 is 38.1 Å². The fourth-order valence-corrected chi connectivity index (χ4v) is 14.6. The second-order valence-electron chi connectivity index (χ2n) is 19.7. The predicted octanol–water partition coefficient (Wildman–Crippen LogP) is 13.2. The van der Waals surface area contributed by atoms with E-state index in [1.807, 2.05) is 170 Å². The number of rotatable bonds is 14. The number of carbonyl (C=O) groups excluding carboxylic acids is 4. The Morgan fingerprint density at radius 2 is 0.634 bits per heavy atom. The first kappa shape index (κ1) is 52.9. The summed E-state index contributed by atoms with van der Waals surface area (Å²) in [6.45, 7) is -0.837. The summed E-state index contributed by atoms with van der Waals surface area (Å²) < 4.78 is 25.1. The maximum absolute atomic E-state index is 15.8. The molecule has 13 rings (SSSR count). The molecule has 2 heterocycles. The van der Waals surface area contributed by atoms with E-state index in [2.05, 4.69) is 0 Å². The smallest absolute Gasteiger partial charge is 0.334 e. The van der Waals surface area contributed by atoms with Crippen LogP contribution in [-0.4, -0.2) is 53.3 Å². The summed E-state index contributed by atoms with van der Waals surface area (Å²) in [6.07, 6.45) is 3.53. The Morgan fingerprint density at radius 3 is 0.902 bits per heavy atom. The Balaban J connectivity index is 1.05. The van der Waals surface area contributed by atoms with Crippen molar-refractivity contribution in [3.05, 3.63) is 270 Å². The van der Waals surface area contributed by atoms with E-state index in [9.17, 15) is 0 Å². The molecule has 0 spiro atoms. The molecule has 0 aliphatic heterocycles. The number of carbonyl (C=O) groups is 4. The summed E-state index contributed by atoms with van der Waals surface area (Å²) in [7, 11) is 0. The van der Waals surface area contributed by atoms with Gasteiger partial charge in [0.05, 0.1) is 40.6 Å². The number of fused-ring (bicyclic) bond motifs is 8. The summed E-state index contributed by atoms with van der Waals surface area (Å²) in [6, 6.07) is 54.9. The van der Waals surface area contributed by atoms with E-state index < -0.39 is 34.7 Å². The number of aromatic nitrogens is 2. The maximum atomic E-state index is 15.8. The van der Waals surface area contributed by atoms with Gasteiger partial charge in [-0.15, -0.1) is 22.7 Å². The molecule has 16 heteroatoms. The molecule has 7 aromatic carbocycles. The van der Waals surface area contributed by atoms with E-state index in [0.29, 0.717) is 83.8 Å². The second-order valence-corrected chi connectivity index (χ2v) is 23.4. The van der Waals surface area contributed by atoms with Crippen molar-refractivity contribution in [2.24, 2.45) is 0 Å². The molecule has 0 bridgehead atoms. The van der Waals surface area contributed by atoms with Gasteiger partial charge >= 0.3 is 23.9 Å². The van der Waals surface area contributed by atoms with Crippen LogP contribution in [0.3, 0.4) is 0 Å². The van der Waals surface area contributed by atoms with Crippen LogP contribution in [0.25, 0.3) is 33.0 Å². The van der Waals surface area contributed by atoms with Crippen LogP contribution >= 0.6 is 71.5 Å². The first-order valence-electron chi connectivity index (χ1n) is 25.8. The van der Waals surface area contributed by atoms with Crippen molar-refractivity contribution in [3.8, 4) is 20.9 Å². The van der Waals surface area contributed by atoms with Gasteiger partial charge < -0.3 is 18.9 Å². The molecule has 0 saturated carbocycles. The molecule has 4 aliphatic rings. The van der Waals surface area contributed by atoms with E-state index in [-0.39, 0.29) is 48.9 Å². The highest BCUT2D eigenvalue weighted by atomic mass is 32.1. The van der Waals surface area contributed by atoms with E-state index in [4.69, 9.17) is 77.8 Å². The molecular formula is C66H40N2O8S6. The third-order valence-electron chi connectivity index (χ3n) is 14.9. The van der Waals surface area contributed by atoms with Crippen molar-refractivity contribution >= 4 is 127 Å². The minimum absolute atomic E-state index is 0.0215. The summed E-state index contributed by atoms with van der Waals surface area (Å²) in [5.41, 5.74) is 3.15. The van der Waals surface area contributed by atoms with E-state index >= 15 is 19.2 Å². The van der Waals surface area contributed by atoms with Crippen LogP contribution in [0.15, 0.2) is 193 Å². The van der Waals surface area contributed by atoms with Crippen LogP contribution < -0.4 is 0 Å². The lowest BCUT2D eigenvalue weighted by molar-refractivity contribution is -0.166. The average molecular weight is 1180 g/mol. The highest BCUT2D eigenvalue weighted by Crippen LogP contribution is 2.60. The fraction of sp³-hybridized carbons (Fsp3) is 0.0909. The van der Waals surface area contributed by atoms with Crippen molar-refractivity contribution in [2.45, 2.75) is 37.3 Å². The van der Waals surface area contributed by atoms with Gasteiger partial charge in [-0.25, -0.2) is 9.97 Å². The Morgan fingerprint density at radius 1 is 0.378 bits per heavy atom. The molecule has 0 fully saturated rings. The first-order chi connectivity index (χ1) is 40.0. The number of hydrogen-bond acceptors (Lipinski definition) is 16. The number of esters is 4. The highest BCUT2D eigenvalue weighted by molar-refractivity contribution is 7.84. The Hall–Kier alpha value is -8.48. The van der Waals surface area contributed by atoms with Crippen LogP contribution in [0.1, 0.15) is 77.0 Å². The van der Waals surface area contributed by atoms with Crippen LogP contribution in [-0.2, 0) is 75.4 Å². The average Bonchev–Trinajstić information content (AvgIpc) is 1.80. The number of thiazole rings is 2. The molecule has 0 atom stereocenters. The lowest BCUT2D eigenvalue weighted by Crippen LogP contribution is -2.47. The lowest BCUT2D eigenvalue weighted by Gasteiger charge is -2.28. The Labute approximate surface area is 499 Å². The van der Waals surface area contributed by atoms with Crippen LogP contribution in [0, 0.1) is 0 Å². The third-order valence-corrected chi connectivity index (χ3v) is 18.7. The van der Waals surface area contributed by atoms with Gasteiger partial charge in [-0.1, -0.05) is 219 Å². The number of benzene rings is 7. The molecule has 9 aromatic rings. The Kier molecular flexibility index (Phi) is 13.8. The predicted molar refractivity (Wildman–Crippen MR) is 331 cm³/mol. The van der Waals surface area contributed by atoms with E-state index in [1.165, 1.54) is 22.7 Å². The number of ether oxygens (including phenoxy) is 4. The van der Waals surface area contributed by atoms with Gasteiger partial charge in [-0.2, -0.15) is 0 Å². The molecule has 398 valence electrons. The van der Waals surface area contributed by atoms with Gasteiger partial charge in [0.25, 0.3) is 0 Å².